The minimum absolute atomic E-state index is 0.0686. The molecular weight excluding hydrogens is 214 g/mol. The smallest absolute Gasteiger partial charge is 0.269 e. The number of alkyl halides is 1. The number of aryl methyl sites for hydroxylation is 1. The molecule has 1 aromatic heterocycles. The van der Waals surface area contributed by atoms with Crippen LogP contribution in [0.3, 0.4) is 0 Å². The Hall–Kier alpha value is -1.03. The van der Waals surface area contributed by atoms with Crippen LogP contribution in [-0.4, -0.2) is 27.9 Å². The Balaban J connectivity index is 2.22. The van der Waals surface area contributed by atoms with Crippen molar-refractivity contribution in [2.75, 3.05) is 12.4 Å². The van der Waals surface area contributed by atoms with Gasteiger partial charge in [-0.2, -0.15) is 0 Å². The van der Waals surface area contributed by atoms with Gasteiger partial charge in [0.25, 0.3) is 5.91 Å². The highest BCUT2D eigenvalue weighted by Crippen LogP contribution is 1.98. The summed E-state index contributed by atoms with van der Waals surface area (Å²) in [6, 6.07) is 0. The molecule has 0 atom stereocenters. The molecule has 84 valence electrons. The minimum atomic E-state index is -0.0686. The van der Waals surface area contributed by atoms with Crippen LogP contribution in [-0.2, 0) is 7.05 Å². The Kier molecular flexibility index (Phi) is 5.18. The van der Waals surface area contributed by atoms with Crippen molar-refractivity contribution in [3.63, 3.8) is 0 Å². The standard InChI is InChI=1S/C10H16ClN3O/c1-14-8-12-7-9(14)10(15)13-6-4-2-3-5-11/h7-8H,2-6H2,1H3,(H,13,15). The molecule has 15 heavy (non-hydrogen) atoms. The first-order valence-corrected chi connectivity index (χ1v) is 5.59. The van der Waals surface area contributed by atoms with E-state index in [-0.39, 0.29) is 5.91 Å². The maximum absolute atomic E-state index is 11.6. The fraction of sp³-hybridized carbons (Fsp3) is 0.600. The van der Waals surface area contributed by atoms with Crippen molar-refractivity contribution >= 4 is 17.5 Å². The van der Waals surface area contributed by atoms with Crippen LogP contribution >= 0.6 is 11.6 Å². The second kappa shape index (κ2) is 6.45. The van der Waals surface area contributed by atoms with Gasteiger partial charge in [-0.3, -0.25) is 4.79 Å². The molecule has 0 aliphatic rings. The Labute approximate surface area is 94.6 Å². The van der Waals surface area contributed by atoms with Crippen molar-refractivity contribution in [3.8, 4) is 0 Å². The number of nitrogens with one attached hydrogen (secondary N) is 1. The number of halogens is 1. The molecule has 0 aliphatic carbocycles. The van der Waals surface area contributed by atoms with E-state index in [1.807, 2.05) is 0 Å². The molecule has 0 radical (unpaired) electrons. The van der Waals surface area contributed by atoms with Gasteiger partial charge in [-0.15, -0.1) is 11.6 Å². The van der Waals surface area contributed by atoms with Gasteiger partial charge in [-0.25, -0.2) is 4.98 Å². The number of rotatable bonds is 6. The summed E-state index contributed by atoms with van der Waals surface area (Å²) in [5.41, 5.74) is 0.590. The number of aromatic nitrogens is 2. The van der Waals surface area contributed by atoms with Crippen LogP contribution in [0.5, 0.6) is 0 Å². The molecular formula is C10H16ClN3O. The lowest BCUT2D eigenvalue weighted by molar-refractivity contribution is 0.0945. The zero-order valence-corrected chi connectivity index (χ0v) is 9.63. The lowest BCUT2D eigenvalue weighted by Gasteiger charge is -2.04. The van der Waals surface area contributed by atoms with Gasteiger partial charge in [0.05, 0.1) is 12.5 Å². The van der Waals surface area contributed by atoms with E-state index in [0.717, 1.165) is 19.3 Å². The summed E-state index contributed by atoms with van der Waals surface area (Å²) in [6.07, 6.45) is 6.20. The summed E-state index contributed by atoms with van der Waals surface area (Å²) < 4.78 is 1.70. The Morgan fingerprint density at radius 1 is 1.53 bits per heavy atom. The SMILES string of the molecule is Cn1cncc1C(=O)NCCCCCCl. The number of carbonyl (C=O) groups excluding carboxylic acids is 1. The molecule has 0 bridgehead atoms. The first-order chi connectivity index (χ1) is 7.25. The summed E-state index contributed by atoms with van der Waals surface area (Å²) in [5, 5.41) is 2.84. The fourth-order valence-electron chi connectivity index (χ4n) is 1.26. The Morgan fingerprint density at radius 2 is 2.33 bits per heavy atom. The molecule has 1 heterocycles. The number of imidazole rings is 1. The van der Waals surface area contributed by atoms with Crippen LogP contribution in [0.4, 0.5) is 0 Å². The maximum atomic E-state index is 11.6. The molecule has 5 heteroatoms. The minimum Gasteiger partial charge on any atom is -0.351 e. The van der Waals surface area contributed by atoms with E-state index in [1.165, 1.54) is 0 Å². The zero-order chi connectivity index (χ0) is 11.1. The van der Waals surface area contributed by atoms with E-state index in [1.54, 1.807) is 24.1 Å². The molecule has 1 rings (SSSR count). The summed E-state index contributed by atoms with van der Waals surface area (Å²) in [7, 11) is 1.80. The molecule has 0 unspecified atom stereocenters. The van der Waals surface area contributed by atoms with Gasteiger partial charge < -0.3 is 9.88 Å². The molecule has 0 aliphatic heterocycles. The van der Waals surface area contributed by atoms with Crippen LogP contribution in [0.25, 0.3) is 0 Å². The summed E-state index contributed by atoms with van der Waals surface area (Å²) in [5.74, 6) is 0.622. The van der Waals surface area contributed by atoms with Crippen LogP contribution in [0.15, 0.2) is 12.5 Å². The maximum Gasteiger partial charge on any atom is 0.269 e. The molecule has 0 fully saturated rings. The van der Waals surface area contributed by atoms with E-state index >= 15 is 0 Å². The first kappa shape index (κ1) is 12.0. The number of hydrogen-bond acceptors (Lipinski definition) is 2. The molecule has 1 amide bonds. The predicted octanol–water partition coefficient (Wildman–Crippen LogP) is 1.56. The third kappa shape index (κ3) is 3.91. The van der Waals surface area contributed by atoms with Gasteiger partial charge in [-0.05, 0) is 12.8 Å². The van der Waals surface area contributed by atoms with Crippen molar-refractivity contribution < 1.29 is 4.79 Å². The summed E-state index contributed by atoms with van der Waals surface area (Å²) in [4.78, 5) is 15.4. The highest BCUT2D eigenvalue weighted by atomic mass is 35.5. The van der Waals surface area contributed by atoms with Gasteiger partial charge in [0.15, 0.2) is 0 Å². The van der Waals surface area contributed by atoms with E-state index in [9.17, 15) is 4.79 Å². The fourth-order valence-corrected chi connectivity index (χ4v) is 1.45. The van der Waals surface area contributed by atoms with Gasteiger partial charge in [0.1, 0.15) is 5.69 Å². The van der Waals surface area contributed by atoms with Crippen LogP contribution in [0, 0.1) is 0 Å². The van der Waals surface area contributed by atoms with E-state index in [2.05, 4.69) is 10.3 Å². The second-order valence-electron chi connectivity index (χ2n) is 3.40. The highest BCUT2D eigenvalue weighted by Gasteiger charge is 2.07. The van der Waals surface area contributed by atoms with E-state index < -0.39 is 0 Å². The second-order valence-corrected chi connectivity index (χ2v) is 3.77. The molecule has 1 N–H and O–H groups in total. The number of carbonyl (C=O) groups is 1. The highest BCUT2D eigenvalue weighted by molar-refractivity contribution is 6.17. The number of hydrogen-bond donors (Lipinski definition) is 1. The summed E-state index contributed by atoms with van der Waals surface area (Å²) >= 11 is 5.55. The third-order valence-corrected chi connectivity index (χ3v) is 2.41. The topological polar surface area (TPSA) is 46.9 Å². The summed E-state index contributed by atoms with van der Waals surface area (Å²) in [6.45, 7) is 0.695. The Bertz CT molecular complexity index is 311. The number of amides is 1. The number of unbranched alkanes of at least 4 members (excludes halogenated alkanes) is 2. The van der Waals surface area contributed by atoms with Gasteiger partial charge in [0.2, 0.25) is 0 Å². The molecule has 0 saturated heterocycles. The average molecular weight is 230 g/mol. The van der Waals surface area contributed by atoms with Crippen molar-refractivity contribution in [1.82, 2.24) is 14.9 Å². The molecule has 1 aromatic rings. The normalized spacial score (nSPS) is 10.3. The lowest BCUT2D eigenvalue weighted by atomic mass is 10.2. The predicted molar refractivity (Wildman–Crippen MR) is 60.1 cm³/mol. The number of nitrogens with zero attached hydrogens (tertiary/aromatic N) is 2. The zero-order valence-electron chi connectivity index (χ0n) is 8.87. The van der Waals surface area contributed by atoms with Crippen LogP contribution in [0.2, 0.25) is 0 Å². The first-order valence-electron chi connectivity index (χ1n) is 5.06. The van der Waals surface area contributed by atoms with E-state index in [0.29, 0.717) is 18.1 Å². The average Bonchev–Trinajstić information content (AvgIpc) is 2.64. The Morgan fingerprint density at radius 3 is 2.93 bits per heavy atom. The third-order valence-electron chi connectivity index (χ3n) is 2.15. The lowest BCUT2D eigenvalue weighted by Crippen LogP contribution is -2.26. The van der Waals surface area contributed by atoms with Crippen molar-refractivity contribution in [2.45, 2.75) is 19.3 Å². The molecule has 0 spiro atoms. The van der Waals surface area contributed by atoms with E-state index in [4.69, 9.17) is 11.6 Å². The van der Waals surface area contributed by atoms with Crippen molar-refractivity contribution in [3.05, 3.63) is 18.2 Å². The van der Waals surface area contributed by atoms with Crippen molar-refractivity contribution in [1.29, 1.82) is 0 Å². The quantitative estimate of drug-likeness (QED) is 0.595. The van der Waals surface area contributed by atoms with Crippen LogP contribution in [0.1, 0.15) is 29.8 Å². The van der Waals surface area contributed by atoms with Crippen molar-refractivity contribution in [2.24, 2.45) is 7.05 Å². The molecule has 0 saturated carbocycles. The van der Waals surface area contributed by atoms with Gasteiger partial charge >= 0.3 is 0 Å². The molecule has 4 nitrogen and oxygen atoms in total. The van der Waals surface area contributed by atoms with Gasteiger partial charge in [0, 0.05) is 19.5 Å². The largest absolute Gasteiger partial charge is 0.351 e. The molecule has 0 aromatic carbocycles. The monoisotopic (exact) mass is 229 g/mol. The van der Waals surface area contributed by atoms with Crippen LogP contribution < -0.4 is 5.32 Å². The van der Waals surface area contributed by atoms with Gasteiger partial charge in [-0.1, -0.05) is 6.42 Å².